The van der Waals surface area contributed by atoms with E-state index < -0.39 is 11.8 Å². The van der Waals surface area contributed by atoms with Crippen LogP contribution in [0.4, 0.5) is 0 Å². The van der Waals surface area contributed by atoms with E-state index >= 15 is 0 Å². The number of ether oxygens (including phenoxy) is 3. The highest BCUT2D eigenvalue weighted by Crippen LogP contribution is 2.36. The standard InChI is InChI=1S/C19H15ClO6/c1-10(21)25-15-9-17(24-3)16(23-2)8-13(15)19(22)18-7-11-6-12(20)4-5-14(11)26-18/h4-9H,1-3H3. The van der Waals surface area contributed by atoms with Crippen molar-refractivity contribution >= 4 is 34.3 Å². The van der Waals surface area contributed by atoms with Crippen molar-refractivity contribution in [3.05, 3.63) is 52.7 Å². The lowest BCUT2D eigenvalue weighted by Crippen LogP contribution is -2.09. The average molecular weight is 375 g/mol. The Morgan fingerprint density at radius 3 is 2.31 bits per heavy atom. The molecule has 6 nitrogen and oxygen atoms in total. The van der Waals surface area contributed by atoms with E-state index in [-0.39, 0.29) is 17.1 Å². The Bertz CT molecular complexity index is 1000. The van der Waals surface area contributed by atoms with Gasteiger partial charge in [-0.1, -0.05) is 11.6 Å². The van der Waals surface area contributed by atoms with Crippen molar-refractivity contribution < 1.29 is 28.2 Å². The number of furan rings is 1. The Hall–Kier alpha value is -2.99. The third-order valence-corrected chi connectivity index (χ3v) is 3.92. The lowest BCUT2D eigenvalue weighted by Gasteiger charge is -2.13. The fourth-order valence-corrected chi connectivity index (χ4v) is 2.72. The fourth-order valence-electron chi connectivity index (χ4n) is 2.54. The summed E-state index contributed by atoms with van der Waals surface area (Å²) < 4.78 is 21.2. The molecule has 0 radical (unpaired) electrons. The van der Waals surface area contributed by atoms with Gasteiger partial charge in [-0.15, -0.1) is 0 Å². The predicted octanol–water partition coefficient (Wildman–Crippen LogP) is 4.26. The Kier molecular flexibility index (Phi) is 4.86. The molecule has 0 fully saturated rings. The summed E-state index contributed by atoms with van der Waals surface area (Å²) in [6.07, 6.45) is 0. The number of rotatable bonds is 5. The predicted molar refractivity (Wildman–Crippen MR) is 95.5 cm³/mol. The maximum atomic E-state index is 13.0. The molecular formula is C19H15ClO6. The van der Waals surface area contributed by atoms with E-state index in [9.17, 15) is 9.59 Å². The molecule has 3 aromatic rings. The van der Waals surface area contributed by atoms with E-state index in [1.165, 1.54) is 33.3 Å². The van der Waals surface area contributed by atoms with Crippen molar-refractivity contribution in [2.75, 3.05) is 14.2 Å². The molecule has 0 aliphatic carbocycles. The molecule has 0 atom stereocenters. The molecule has 0 aliphatic rings. The highest BCUT2D eigenvalue weighted by atomic mass is 35.5. The highest BCUT2D eigenvalue weighted by Gasteiger charge is 2.23. The second-order valence-electron chi connectivity index (χ2n) is 5.42. The molecule has 0 amide bonds. The van der Waals surface area contributed by atoms with Gasteiger partial charge in [-0.25, -0.2) is 0 Å². The number of esters is 1. The van der Waals surface area contributed by atoms with Crippen LogP contribution in [-0.2, 0) is 4.79 Å². The van der Waals surface area contributed by atoms with Crippen molar-refractivity contribution in [1.82, 2.24) is 0 Å². The first-order valence-corrected chi connectivity index (χ1v) is 7.99. The number of benzene rings is 2. The first kappa shape index (κ1) is 17.8. The summed E-state index contributed by atoms with van der Waals surface area (Å²) in [4.78, 5) is 24.4. The van der Waals surface area contributed by atoms with Crippen LogP contribution in [0.2, 0.25) is 5.02 Å². The van der Waals surface area contributed by atoms with Crippen LogP contribution in [0.1, 0.15) is 23.0 Å². The molecule has 3 rings (SSSR count). The van der Waals surface area contributed by atoms with Gasteiger partial charge < -0.3 is 18.6 Å². The number of methoxy groups -OCH3 is 2. The van der Waals surface area contributed by atoms with Crippen LogP contribution in [0, 0.1) is 0 Å². The number of halogens is 1. The highest BCUT2D eigenvalue weighted by molar-refractivity contribution is 6.31. The van der Waals surface area contributed by atoms with Gasteiger partial charge in [0.25, 0.3) is 0 Å². The molecule has 0 saturated heterocycles. The number of carbonyl (C=O) groups is 2. The minimum absolute atomic E-state index is 0.0543. The van der Waals surface area contributed by atoms with Gasteiger partial charge in [0.15, 0.2) is 17.3 Å². The van der Waals surface area contributed by atoms with Crippen molar-refractivity contribution in [2.24, 2.45) is 0 Å². The molecule has 7 heteroatoms. The van der Waals surface area contributed by atoms with Crippen LogP contribution < -0.4 is 14.2 Å². The minimum Gasteiger partial charge on any atom is -0.493 e. The van der Waals surface area contributed by atoms with E-state index in [4.69, 9.17) is 30.2 Å². The van der Waals surface area contributed by atoms with Crippen molar-refractivity contribution in [3.8, 4) is 17.2 Å². The molecular weight excluding hydrogens is 360 g/mol. The maximum absolute atomic E-state index is 13.0. The van der Waals surface area contributed by atoms with Gasteiger partial charge in [0.1, 0.15) is 11.3 Å². The molecule has 2 aromatic carbocycles. The van der Waals surface area contributed by atoms with E-state index in [1.807, 2.05) is 0 Å². The normalized spacial score (nSPS) is 10.6. The van der Waals surface area contributed by atoms with Crippen molar-refractivity contribution in [3.63, 3.8) is 0 Å². The van der Waals surface area contributed by atoms with Gasteiger partial charge in [0, 0.05) is 23.4 Å². The Labute approximate surface area is 154 Å². The molecule has 1 heterocycles. The molecule has 1 aromatic heterocycles. The first-order chi connectivity index (χ1) is 12.4. The molecule has 0 aliphatic heterocycles. The van der Waals surface area contributed by atoms with Gasteiger partial charge >= 0.3 is 5.97 Å². The summed E-state index contributed by atoms with van der Waals surface area (Å²) in [5, 5.41) is 1.22. The van der Waals surface area contributed by atoms with Gasteiger partial charge in [-0.05, 0) is 30.3 Å². The van der Waals surface area contributed by atoms with E-state index in [0.717, 1.165) is 0 Å². The summed E-state index contributed by atoms with van der Waals surface area (Å²) >= 11 is 5.97. The lowest BCUT2D eigenvalue weighted by molar-refractivity contribution is -0.131. The summed E-state index contributed by atoms with van der Waals surface area (Å²) in [7, 11) is 2.89. The third kappa shape index (κ3) is 3.36. The quantitative estimate of drug-likeness (QED) is 0.377. The summed E-state index contributed by atoms with van der Waals surface area (Å²) in [5.41, 5.74) is 0.635. The minimum atomic E-state index is -0.567. The lowest BCUT2D eigenvalue weighted by atomic mass is 10.1. The van der Waals surface area contributed by atoms with E-state index in [2.05, 4.69) is 0 Å². The van der Waals surface area contributed by atoms with Crippen LogP contribution >= 0.6 is 11.6 Å². The van der Waals surface area contributed by atoms with Gasteiger partial charge in [-0.3, -0.25) is 9.59 Å². The Morgan fingerprint density at radius 2 is 1.65 bits per heavy atom. The van der Waals surface area contributed by atoms with Gasteiger partial charge in [-0.2, -0.15) is 0 Å². The van der Waals surface area contributed by atoms with Gasteiger partial charge in [0.2, 0.25) is 5.78 Å². The summed E-state index contributed by atoms with van der Waals surface area (Å²) in [5.74, 6) is -0.235. The van der Waals surface area contributed by atoms with Crippen LogP contribution in [0.25, 0.3) is 11.0 Å². The van der Waals surface area contributed by atoms with Crippen molar-refractivity contribution in [2.45, 2.75) is 6.92 Å². The first-order valence-electron chi connectivity index (χ1n) is 7.61. The number of carbonyl (C=O) groups excluding carboxylic acids is 2. The molecule has 26 heavy (non-hydrogen) atoms. The number of hydrogen-bond acceptors (Lipinski definition) is 6. The molecule has 134 valence electrons. The van der Waals surface area contributed by atoms with Crippen LogP contribution in [0.3, 0.4) is 0 Å². The molecule has 0 unspecified atom stereocenters. The largest absolute Gasteiger partial charge is 0.493 e. The zero-order valence-electron chi connectivity index (χ0n) is 14.3. The molecule has 0 bridgehead atoms. The fraction of sp³-hybridized carbons (Fsp3) is 0.158. The zero-order chi connectivity index (χ0) is 18.8. The maximum Gasteiger partial charge on any atom is 0.308 e. The van der Waals surface area contributed by atoms with Crippen LogP contribution in [-0.4, -0.2) is 26.0 Å². The second kappa shape index (κ2) is 7.09. The monoisotopic (exact) mass is 374 g/mol. The molecule has 0 N–H and O–H groups in total. The van der Waals surface area contributed by atoms with Crippen molar-refractivity contribution in [1.29, 1.82) is 0 Å². The Morgan fingerprint density at radius 1 is 0.962 bits per heavy atom. The summed E-state index contributed by atoms with van der Waals surface area (Å²) in [6, 6.07) is 9.49. The number of ketones is 1. The number of hydrogen-bond donors (Lipinski definition) is 0. The van der Waals surface area contributed by atoms with Crippen LogP contribution in [0.15, 0.2) is 40.8 Å². The zero-order valence-corrected chi connectivity index (χ0v) is 15.0. The molecule has 0 spiro atoms. The summed E-state index contributed by atoms with van der Waals surface area (Å²) in [6.45, 7) is 1.24. The second-order valence-corrected chi connectivity index (χ2v) is 5.86. The van der Waals surface area contributed by atoms with Gasteiger partial charge in [0.05, 0.1) is 19.8 Å². The average Bonchev–Trinajstić information content (AvgIpc) is 3.03. The number of fused-ring (bicyclic) bond motifs is 1. The molecule has 0 saturated carbocycles. The Balaban J connectivity index is 2.12. The van der Waals surface area contributed by atoms with E-state index in [0.29, 0.717) is 27.5 Å². The van der Waals surface area contributed by atoms with E-state index in [1.54, 1.807) is 24.3 Å². The van der Waals surface area contributed by atoms with Crippen LogP contribution in [0.5, 0.6) is 17.2 Å². The smallest absolute Gasteiger partial charge is 0.308 e. The SMILES string of the molecule is COc1cc(OC(C)=O)c(C(=O)c2cc3cc(Cl)ccc3o2)cc1OC. The third-order valence-electron chi connectivity index (χ3n) is 3.69. The topological polar surface area (TPSA) is 75.0 Å².